The van der Waals surface area contributed by atoms with Crippen molar-refractivity contribution in [3.05, 3.63) is 21.9 Å². The topological polar surface area (TPSA) is 12.0 Å². The number of hydrogen-bond donors (Lipinski definition) is 1. The molecule has 78 valence electrons. The van der Waals surface area contributed by atoms with Crippen molar-refractivity contribution in [1.82, 2.24) is 5.32 Å². The number of rotatable bonds is 3. The first-order chi connectivity index (χ1) is 6.84. The molecule has 0 unspecified atom stereocenters. The number of thioether (sulfide) groups is 1. The molecule has 2 rings (SSSR count). The van der Waals surface area contributed by atoms with Gasteiger partial charge in [0.15, 0.2) is 0 Å². The average Bonchev–Trinajstić information content (AvgIpc) is 2.63. The second kappa shape index (κ2) is 5.19. The second-order valence-corrected chi connectivity index (χ2v) is 6.17. The van der Waals surface area contributed by atoms with Crippen molar-refractivity contribution in [3.63, 3.8) is 0 Å². The maximum Gasteiger partial charge on any atom is 0.0216 e. The first-order valence-electron chi connectivity index (χ1n) is 5.20. The number of nitrogens with one attached hydrogen (secondary N) is 1. The van der Waals surface area contributed by atoms with Crippen LogP contribution in [0.15, 0.2) is 11.4 Å². The summed E-state index contributed by atoms with van der Waals surface area (Å²) < 4.78 is 0. The van der Waals surface area contributed by atoms with E-state index >= 15 is 0 Å². The molecular formula is C11H17NS2. The molecule has 1 nitrogen and oxygen atoms in total. The lowest BCUT2D eigenvalue weighted by atomic mass is 10.1. The van der Waals surface area contributed by atoms with E-state index in [4.69, 9.17) is 0 Å². The van der Waals surface area contributed by atoms with Crippen molar-refractivity contribution in [1.29, 1.82) is 0 Å². The Bertz CT molecular complexity index is 277. The zero-order valence-electron chi connectivity index (χ0n) is 8.58. The van der Waals surface area contributed by atoms with Gasteiger partial charge in [-0.3, -0.25) is 0 Å². The molecule has 0 bridgehead atoms. The summed E-state index contributed by atoms with van der Waals surface area (Å²) in [5.41, 5.74) is 1.45. The fourth-order valence-electron chi connectivity index (χ4n) is 1.75. The largest absolute Gasteiger partial charge is 0.310 e. The molecule has 1 aromatic rings. The Kier molecular flexibility index (Phi) is 3.90. The van der Waals surface area contributed by atoms with Crippen LogP contribution in [0.1, 0.15) is 23.3 Å². The monoisotopic (exact) mass is 227 g/mol. The van der Waals surface area contributed by atoms with Gasteiger partial charge < -0.3 is 5.32 Å². The van der Waals surface area contributed by atoms with Gasteiger partial charge >= 0.3 is 0 Å². The Morgan fingerprint density at radius 2 is 2.21 bits per heavy atom. The van der Waals surface area contributed by atoms with E-state index in [1.54, 1.807) is 0 Å². The van der Waals surface area contributed by atoms with Crippen molar-refractivity contribution in [2.45, 2.75) is 32.4 Å². The van der Waals surface area contributed by atoms with E-state index in [2.05, 4.69) is 35.4 Å². The maximum atomic E-state index is 3.64. The Labute approximate surface area is 94.3 Å². The van der Waals surface area contributed by atoms with Crippen LogP contribution in [0.4, 0.5) is 0 Å². The van der Waals surface area contributed by atoms with E-state index in [-0.39, 0.29) is 0 Å². The van der Waals surface area contributed by atoms with Crippen molar-refractivity contribution < 1.29 is 0 Å². The van der Waals surface area contributed by atoms with Crippen LogP contribution in [-0.2, 0) is 6.54 Å². The summed E-state index contributed by atoms with van der Waals surface area (Å²) in [4.78, 5) is 1.42. The van der Waals surface area contributed by atoms with Gasteiger partial charge in [-0.25, -0.2) is 0 Å². The summed E-state index contributed by atoms with van der Waals surface area (Å²) in [5, 5.41) is 5.91. The molecule has 1 aliphatic heterocycles. The fourth-order valence-corrected chi connectivity index (χ4v) is 3.57. The molecule has 0 radical (unpaired) electrons. The zero-order chi connectivity index (χ0) is 9.80. The van der Waals surface area contributed by atoms with Crippen LogP contribution >= 0.6 is 23.1 Å². The third-order valence-electron chi connectivity index (χ3n) is 2.60. The van der Waals surface area contributed by atoms with E-state index in [0.29, 0.717) is 0 Å². The fraction of sp³-hybridized carbons (Fsp3) is 0.636. The van der Waals surface area contributed by atoms with E-state index < -0.39 is 0 Å². The van der Waals surface area contributed by atoms with E-state index in [1.807, 2.05) is 11.3 Å². The zero-order valence-corrected chi connectivity index (χ0v) is 10.2. The highest BCUT2D eigenvalue weighted by Crippen LogP contribution is 2.18. The van der Waals surface area contributed by atoms with Gasteiger partial charge in [0, 0.05) is 17.5 Å². The molecule has 1 aromatic heterocycles. The Hall–Kier alpha value is 0.01000. The van der Waals surface area contributed by atoms with Crippen LogP contribution in [-0.4, -0.2) is 17.5 Å². The molecule has 1 fully saturated rings. The SMILES string of the molecule is Cc1cc(CNC2CCSCC2)cs1. The quantitative estimate of drug-likeness (QED) is 0.852. The van der Waals surface area contributed by atoms with Gasteiger partial charge in [0.05, 0.1) is 0 Å². The predicted molar refractivity (Wildman–Crippen MR) is 66.2 cm³/mol. The van der Waals surface area contributed by atoms with Gasteiger partial charge in [-0.05, 0) is 48.3 Å². The summed E-state index contributed by atoms with van der Waals surface area (Å²) in [6, 6.07) is 3.05. The average molecular weight is 227 g/mol. The normalized spacial score (nSPS) is 18.6. The first-order valence-corrected chi connectivity index (χ1v) is 7.23. The van der Waals surface area contributed by atoms with Gasteiger partial charge in [0.25, 0.3) is 0 Å². The van der Waals surface area contributed by atoms with Gasteiger partial charge in [-0.15, -0.1) is 11.3 Å². The standard InChI is InChI=1S/C11H17NS2/c1-9-6-10(8-14-9)7-12-11-2-4-13-5-3-11/h6,8,11-12H,2-5,7H2,1H3. The summed E-state index contributed by atoms with van der Waals surface area (Å²) >= 11 is 3.93. The second-order valence-electron chi connectivity index (χ2n) is 3.83. The van der Waals surface area contributed by atoms with Gasteiger partial charge in [-0.2, -0.15) is 11.8 Å². The van der Waals surface area contributed by atoms with E-state index in [0.717, 1.165) is 12.6 Å². The lowest BCUT2D eigenvalue weighted by Gasteiger charge is -2.22. The van der Waals surface area contributed by atoms with Crippen molar-refractivity contribution in [3.8, 4) is 0 Å². The molecular weight excluding hydrogens is 210 g/mol. The van der Waals surface area contributed by atoms with Crippen molar-refractivity contribution >= 4 is 23.1 Å². The third kappa shape index (κ3) is 3.01. The summed E-state index contributed by atoms with van der Waals surface area (Å²) in [6.45, 7) is 3.23. The Balaban J connectivity index is 1.76. The molecule has 0 spiro atoms. The summed E-state index contributed by atoms with van der Waals surface area (Å²) in [6.07, 6.45) is 2.68. The van der Waals surface area contributed by atoms with Crippen LogP contribution < -0.4 is 5.32 Å². The molecule has 3 heteroatoms. The molecule has 1 aliphatic rings. The van der Waals surface area contributed by atoms with Gasteiger partial charge in [-0.1, -0.05) is 0 Å². The van der Waals surface area contributed by atoms with E-state index in [9.17, 15) is 0 Å². The van der Waals surface area contributed by atoms with Crippen LogP contribution in [0.3, 0.4) is 0 Å². The highest BCUT2D eigenvalue weighted by atomic mass is 32.2. The molecule has 0 aromatic carbocycles. The van der Waals surface area contributed by atoms with Crippen LogP contribution in [0.25, 0.3) is 0 Å². The highest BCUT2D eigenvalue weighted by molar-refractivity contribution is 7.99. The van der Waals surface area contributed by atoms with E-state index in [1.165, 1.54) is 34.8 Å². The molecule has 0 atom stereocenters. The minimum absolute atomic E-state index is 0.761. The molecule has 2 heterocycles. The highest BCUT2D eigenvalue weighted by Gasteiger charge is 2.12. The molecule has 0 amide bonds. The molecule has 1 N–H and O–H groups in total. The lowest BCUT2D eigenvalue weighted by Crippen LogP contribution is -2.31. The summed E-state index contributed by atoms with van der Waals surface area (Å²) in [7, 11) is 0. The maximum absolute atomic E-state index is 3.64. The van der Waals surface area contributed by atoms with Crippen molar-refractivity contribution in [2.75, 3.05) is 11.5 Å². The molecule has 0 aliphatic carbocycles. The van der Waals surface area contributed by atoms with Crippen LogP contribution in [0.2, 0.25) is 0 Å². The van der Waals surface area contributed by atoms with Crippen LogP contribution in [0, 0.1) is 6.92 Å². The smallest absolute Gasteiger partial charge is 0.0216 e. The molecule has 1 saturated heterocycles. The lowest BCUT2D eigenvalue weighted by molar-refractivity contribution is 0.482. The minimum Gasteiger partial charge on any atom is -0.310 e. The molecule has 14 heavy (non-hydrogen) atoms. The Morgan fingerprint density at radius 3 is 2.86 bits per heavy atom. The minimum atomic E-state index is 0.761. The molecule has 0 saturated carbocycles. The third-order valence-corrected chi connectivity index (χ3v) is 4.56. The predicted octanol–water partition coefficient (Wildman–Crippen LogP) is 3.04. The Morgan fingerprint density at radius 1 is 1.43 bits per heavy atom. The number of hydrogen-bond acceptors (Lipinski definition) is 3. The summed E-state index contributed by atoms with van der Waals surface area (Å²) in [5.74, 6) is 2.67. The van der Waals surface area contributed by atoms with Crippen LogP contribution in [0.5, 0.6) is 0 Å². The number of aryl methyl sites for hydroxylation is 1. The van der Waals surface area contributed by atoms with Crippen molar-refractivity contribution in [2.24, 2.45) is 0 Å². The van der Waals surface area contributed by atoms with Gasteiger partial charge in [0.2, 0.25) is 0 Å². The first kappa shape index (κ1) is 10.5. The number of thiophene rings is 1. The van der Waals surface area contributed by atoms with Gasteiger partial charge in [0.1, 0.15) is 0 Å².